The molecule has 2 rings (SSSR count). The first kappa shape index (κ1) is 13.5. The number of benzene rings is 2. The molecule has 0 saturated carbocycles. The maximum Gasteiger partial charge on any atom is 0.146 e. The lowest BCUT2D eigenvalue weighted by molar-refractivity contribution is 0.593. The van der Waals surface area contributed by atoms with Crippen LogP contribution >= 0.6 is 0 Å². The lowest BCUT2D eigenvalue weighted by Gasteiger charge is -2.18. The van der Waals surface area contributed by atoms with Crippen molar-refractivity contribution in [2.75, 3.05) is 5.32 Å². The van der Waals surface area contributed by atoms with Gasteiger partial charge in [0.15, 0.2) is 0 Å². The van der Waals surface area contributed by atoms with Crippen molar-refractivity contribution in [1.82, 2.24) is 0 Å². The van der Waals surface area contributed by atoms with Crippen LogP contribution in [0.4, 0.5) is 14.5 Å². The zero-order valence-corrected chi connectivity index (χ0v) is 11.3. The predicted octanol–water partition coefficient (Wildman–Crippen LogP) is 4.75. The second-order valence-corrected chi connectivity index (χ2v) is 4.80. The fourth-order valence-corrected chi connectivity index (χ4v) is 2.14. The Bertz CT molecular complexity index is 593. The number of anilines is 1. The van der Waals surface area contributed by atoms with Gasteiger partial charge < -0.3 is 5.32 Å². The van der Waals surface area contributed by atoms with Crippen molar-refractivity contribution < 1.29 is 8.78 Å². The first-order valence-corrected chi connectivity index (χ1v) is 6.26. The Morgan fingerprint density at radius 1 is 0.947 bits per heavy atom. The van der Waals surface area contributed by atoms with Gasteiger partial charge in [0.1, 0.15) is 11.6 Å². The Kier molecular flexibility index (Phi) is 3.84. The molecule has 0 aliphatic heterocycles. The summed E-state index contributed by atoms with van der Waals surface area (Å²) in [6.07, 6.45) is 0. The Hall–Kier alpha value is -1.90. The van der Waals surface area contributed by atoms with Crippen molar-refractivity contribution in [3.63, 3.8) is 0 Å². The van der Waals surface area contributed by atoms with Gasteiger partial charge in [-0.2, -0.15) is 0 Å². The third-order valence-electron chi connectivity index (χ3n) is 3.28. The van der Waals surface area contributed by atoms with Gasteiger partial charge in [0.2, 0.25) is 0 Å². The van der Waals surface area contributed by atoms with Gasteiger partial charge >= 0.3 is 0 Å². The molecule has 0 aliphatic rings. The van der Waals surface area contributed by atoms with Gasteiger partial charge in [0.25, 0.3) is 0 Å². The Labute approximate surface area is 112 Å². The van der Waals surface area contributed by atoms with Crippen LogP contribution in [0.3, 0.4) is 0 Å². The summed E-state index contributed by atoms with van der Waals surface area (Å²) in [6.45, 7) is 5.48. The highest BCUT2D eigenvalue weighted by Crippen LogP contribution is 2.25. The van der Waals surface area contributed by atoms with Crippen LogP contribution in [0.2, 0.25) is 0 Å². The highest BCUT2D eigenvalue weighted by Gasteiger charge is 2.12. The maximum absolute atomic E-state index is 13.8. The molecule has 0 amide bonds. The van der Waals surface area contributed by atoms with Gasteiger partial charge in [0.05, 0.1) is 5.69 Å². The highest BCUT2D eigenvalue weighted by molar-refractivity contribution is 5.49. The van der Waals surface area contributed by atoms with Gasteiger partial charge in [-0.15, -0.1) is 0 Å². The Balaban J connectivity index is 2.27. The maximum atomic E-state index is 13.8. The number of hydrogen-bond acceptors (Lipinski definition) is 1. The summed E-state index contributed by atoms with van der Waals surface area (Å²) >= 11 is 0. The van der Waals surface area contributed by atoms with E-state index in [2.05, 4.69) is 5.32 Å². The molecule has 0 bridgehead atoms. The zero-order valence-electron chi connectivity index (χ0n) is 11.3. The smallest absolute Gasteiger partial charge is 0.146 e. The average Bonchev–Trinajstić information content (AvgIpc) is 2.36. The summed E-state index contributed by atoms with van der Waals surface area (Å²) in [6, 6.07) is 10.2. The monoisotopic (exact) mass is 261 g/mol. The van der Waals surface area contributed by atoms with Gasteiger partial charge in [-0.1, -0.05) is 24.3 Å². The minimum absolute atomic E-state index is 0.0854. The first-order chi connectivity index (χ1) is 8.99. The van der Waals surface area contributed by atoms with E-state index in [-0.39, 0.29) is 11.7 Å². The quantitative estimate of drug-likeness (QED) is 0.840. The molecule has 3 heteroatoms. The minimum Gasteiger partial charge on any atom is -0.376 e. The summed E-state index contributed by atoms with van der Waals surface area (Å²) in [7, 11) is 0. The molecule has 0 radical (unpaired) electrons. The Morgan fingerprint density at radius 3 is 2.32 bits per heavy atom. The standard InChI is InChI=1S/C16H17F2N/c1-10-6-4-5-7-13(10)12(3)19-16-9-14(17)11(2)8-15(16)18/h4-9,12,19H,1-3H3. The molecule has 0 heterocycles. The van der Waals surface area contributed by atoms with Crippen LogP contribution < -0.4 is 5.32 Å². The van der Waals surface area contributed by atoms with Crippen LogP contribution in [0, 0.1) is 25.5 Å². The van der Waals surface area contributed by atoms with Crippen molar-refractivity contribution in [3.05, 3.63) is 64.7 Å². The summed E-state index contributed by atoms with van der Waals surface area (Å²) in [5.41, 5.74) is 2.70. The van der Waals surface area contributed by atoms with E-state index in [1.165, 1.54) is 12.1 Å². The number of aryl methyl sites for hydroxylation is 2. The molecule has 19 heavy (non-hydrogen) atoms. The molecule has 100 valence electrons. The molecule has 2 aromatic carbocycles. The Morgan fingerprint density at radius 2 is 1.63 bits per heavy atom. The topological polar surface area (TPSA) is 12.0 Å². The highest BCUT2D eigenvalue weighted by atomic mass is 19.1. The van der Waals surface area contributed by atoms with Crippen LogP contribution in [0.1, 0.15) is 29.7 Å². The molecular formula is C16H17F2N. The average molecular weight is 261 g/mol. The molecule has 2 aromatic rings. The van der Waals surface area contributed by atoms with E-state index in [4.69, 9.17) is 0 Å². The largest absolute Gasteiger partial charge is 0.376 e. The SMILES string of the molecule is Cc1cc(F)c(NC(C)c2ccccc2C)cc1F. The molecule has 0 fully saturated rings. The molecule has 0 saturated heterocycles. The fourth-order valence-electron chi connectivity index (χ4n) is 2.14. The van der Waals surface area contributed by atoms with Gasteiger partial charge in [-0.25, -0.2) is 8.78 Å². The third kappa shape index (κ3) is 2.92. The van der Waals surface area contributed by atoms with Crippen LogP contribution in [0.25, 0.3) is 0 Å². The predicted molar refractivity (Wildman–Crippen MR) is 74.3 cm³/mol. The van der Waals surface area contributed by atoms with E-state index < -0.39 is 11.6 Å². The van der Waals surface area contributed by atoms with Crippen LogP contribution in [-0.4, -0.2) is 0 Å². The molecular weight excluding hydrogens is 244 g/mol. The van der Waals surface area contributed by atoms with Crippen LogP contribution in [-0.2, 0) is 0 Å². The van der Waals surface area contributed by atoms with Gasteiger partial charge in [-0.05, 0) is 43.5 Å². The van der Waals surface area contributed by atoms with E-state index >= 15 is 0 Å². The molecule has 0 aromatic heterocycles. The van der Waals surface area contributed by atoms with E-state index in [9.17, 15) is 8.78 Å². The number of halogens is 2. The van der Waals surface area contributed by atoms with Crippen LogP contribution in [0.5, 0.6) is 0 Å². The van der Waals surface area contributed by atoms with Crippen molar-refractivity contribution >= 4 is 5.69 Å². The summed E-state index contributed by atoms with van der Waals surface area (Å²) in [5, 5.41) is 3.02. The van der Waals surface area contributed by atoms with E-state index in [1.54, 1.807) is 6.92 Å². The van der Waals surface area contributed by atoms with Crippen LogP contribution in [0.15, 0.2) is 36.4 Å². The molecule has 1 N–H and O–H groups in total. The zero-order chi connectivity index (χ0) is 14.0. The lowest BCUT2D eigenvalue weighted by Crippen LogP contribution is -2.10. The molecule has 0 spiro atoms. The lowest BCUT2D eigenvalue weighted by atomic mass is 10.0. The van der Waals surface area contributed by atoms with Gasteiger partial charge in [0, 0.05) is 12.1 Å². The second kappa shape index (κ2) is 5.39. The van der Waals surface area contributed by atoms with Crippen molar-refractivity contribution in [2.45, 2.75) is 26.8 Å². The van der Waals surface area contributed by atoms with Gasteiger partial charge in [-0.3, -0.25) is 0 Å². The molecule has 0 aliphatic carbocycles. The summed E-state index contributed by atoms with van der Waals surface area (Å²) in [4.78, 5) is 0. The first-order valence-electron chi connectivity index (χ1n) is 6.26. The third-order valence-corrected chi connectivity index (χ3v) is 3.28. The fraction of sp³-hybridized carbons (Fsp3) is 0.250. The summed E-state index contributed by atoms with van der Waals surface area (Å²) < 4.78 is 27.3. The number of rotatable bonds is 3. The van der Waals surface area contributed by atoms with E-state index in [0.717, 1.165) is 11.1 Å². The number of nitrogens with one attached hydrogen (secondary N) is 1. The van der Waals surface area contributed by atoms with E-state index in [0.29, 0.717) is 5.56 Å². The van der Waals surface area contributed by atoms with Crippen molar-refractivity contribution in [1.29, 1.82) is 0 Å². The molecule has 1 nitrogen and oxygen atoms in total. The second-order valence-electron chi connectivity index (χ2n) is 4.80. The van der Waals surface area contributed by atoms with E-state index in [1.807, 2.05) is 38.1 Å². The van der Waals surface area contributed by atoms with Crippen molar-refractivity contribution in [3.8, 4) is 0 Å². The minimum atomic E-state index is -0.431. The normalized spacial score (nSPS) is 12.3. The van der Waals surface area contributed by atoms with Crippen molar-refractivity contribution in [2.24, 2.45) is 0 Å². The molecule has 1 unspecified atom stereocenters. The number of hydrogen-bond donors (Lipinski definition) is 1. The molecule has 1 atom stereocenters. The summed E-state index contributed by atoms with van der Waals surface area (Å²) in [5.74, 6) is -0.833.